The first-order chi connectivity index (χ1) is 13.1. The Balaban J connectivity index is 1.40. The van der Waals surface area contributed by atoms with Gasteiger partial charge in [-0.25, -0.2) is 4.79 Å². The summed E-state index contributed by atoms with van der Waals surface area (Å²) in [7, 11) is 0. The highest BCUT2D eigenvalue weighted by Crippen LogP contribution is 2.22. The van der Waals surface area contributed by atoms with Crippen LogP contribution >= 0.6 is 11.3 Å². The van der Waals surface area contributed by atoms with Crippen LogP contribution in [-0.2, 0) is 9.53 Å². The largest absolute Gasteiger partial charge is 0.450 e. The summed E-state index contributed by atoms with van der Waals surface area (Å²) in [5.41, 5.74) is 0. The van der Waals surface area contributed by atoms with Crippen molar-refractivity contribution in [3.63, 3.8) is 0 Å². The lowest BCUT2D eigenvalue weighted by Crippen LogP contribution is -2.49. The van der Waals surface area contributed by atoms with E-state index in [2.05, 4.69) is 5.32 Å². The molecule has 2 aliphatic heterocycles. The van der Waals surface area contributed by atoms with Gasteiger partial charge in [-0.15, -0.1) is 11.3 Å². The molecule has 2 aliphatic rings. The van der Waals surface area contributed by atoms with Crippen LogP contribution < -0.4 is 5.32 Å². The van der Waals surface area contributed by atoms with Gasteiger partial charge < -0.3 is 19.9 Å². The molecule has 2 fully saturated rings. The Morgan fingerprint density at radius 1 is 1.11 bits per heavy atom. The Morgan fingerprint density at radius 3 is 2.37 bits per heavy atom. The van der Waals surface area contributed by atoms with Crippen LogP contribution in [0.1, 0.15) is 42.3 Å². The first-order valence-electron chi connectivity index (χ1n) is 9.63. The molecule has 3 amide bonds. The summed E-state index contributed by atoms with van der Waals surface area (Å²) in [5.74, 6) is 0.100. The number of amides is 3. The first kappa shape index (κ1) is 19.7. The number of rotatable bonds is 4. The standard InChI is InChI=1S/C19H27N3O4S/c1-2-26-19(25)22-11-7-15(8-12-22)20-17(23)14-5-9-21(10-6-14)18(24)16-4-3-13-27-16/h3-4,13-15H,2,5-12H2,1H3,(H,20,23). The zero-order valence-electron chi connectivity index (χ0n) is 15.7. The molecule has 0 aliphatic carbocycles. The minimum atomic E-state index is -0.273. The third kappa shape index (κ3) is 5.00. The molecule has 7 nitrogen and oxygen atoms in total. The van der Waals surface area contributed by atoms with Gasteiger partial charge in [0.05, 0.1) is 11.5 Å². The van der Waals surface area contributed by atoms with Crippen LogP contribution in [0.4, 0.5) is 4.79 Å². The van der Waals surface area contributed by atoms with Gasteiger partial charge in [0.25, 0.3) is 5.91 Å². The van der Waals surface area contributed by atoms with E-state index < -0.39 is 0 Å². The molecule has 0 unspecified atom stereocenters. The van der Waals surface area contributed by atoms with Gasteiger partial charge in [-0.1, -0.05) is 6.07 Å². The fourth-order valence-electron chi connectivity index (χ4n) is 3.64. The number of ether oxygens (including phenoxy) is 1. The molecule has 0 radical (unpaired) electrons. The lowest BCUT2D eigenvalue weighted by Gasteiger charge is -2.34. The monoisotopic (exact) mass is 393 g/mol. The van der Waals surface area contributed by atoms with Gasteiger partial charge in [-0.05, 0) is 44.1 Å². The summed E-state index contributed by atoms with van der Waals surface area (Å²) in [6.07, 6.45) is 2.63. The van der Waals surface area contributed by atoms with Crippen LogP contribution in [-0.4, -0.2) is 66.5 Å². The molecule has 148 valence electrons. The van der Waals surface area contributed by atoms with Crippen molar-refractivity contribution in [2.75, 3.05) is 32.8 Å². The normalized spacial score (nSPS) is 19.0. The molecule has 27 heavy (non-hydrogen) atoms. The smallest absolute Gasteiger partial charge is 0.409 e. The first-order valence-corrected chi connectivity index (χ1v) is 10.5. The van der Waals surface area contributed by atoms with E-state index in [1.165, 1.54) is 11.3 Å². The van der Waals surface area contributed by atoms with Crippen molar-refractivity contribution < 1.29 is 19.1 Å². The van der Waals surface area contributed by atoms with E-state index in [9.17, 15) is 14.4 Å². The van der Waals surface area contributed by atoms with Crippen LogP contribution in [0.2, 0.25) is 0 Å². The van der Waals surface area contributed by atoms with Gasteiger partial charge in [0.1, 0.15) is 0 Å². The number of carbonyl (C=O) groups excluding carboxylic acids is 3. The molecule has 3 heterocycles. The Kier molecular flexibility index (Phi) is 6.71. The molecule has 2 saturated heterocycles. The van der Waals surface area contributed by atoms with Crippen LogP contribution in [0.25, 0.3) is 0 Å². The Labute approximate surface area is 163 Å². The number of hydrogen-bond donors (Lipinski definition) is 1. The SMILES string of the molecule is CCOC(=O)N1CCC(NC(=O)C2CCN(C(=O)c3cccs3)CC2)CC1. The summed E-state index contributed by atoms with van der Waals surface area (Å²) < 4.78 is 5.02. The predicted octanol–water partition coefficient (Wildman–Crippen LogP) is 2.34. The number of thiophene rings is 1. The van der Waals surface area contributed by atoms with Crippen molar-refractivity contribution in [1.29, 1.82) is 0 Å². The van der Waals surface area contributed by atoms with Crippen LogP contribution in [0.5, 0.6) is 0 Å². The van der Waals surface area contributed by atoms with E-state index >= 15 is 0 Å². The summed E-state index contributed by atoms with van der Waals surface area (Å²) in [4.78, 5) is 41.0. The molecule has 1 aromatic rings. The molecule has 0 spiro atoms. The van der Waals surface area contributed by atoms with Crippen molar-refractivity contribution in [1.82, 2.24) is 15.1 Å². The summed E-state index contributed by atoms with van der Waals surface area (Å²) >= 11 is 1.45. The zero-order chi connectivity index (χ0) is 19.2. The quantitative estimate of drug-likeness (QED) is 0.852. The molecule has 1 aromatic heterocycles. The van der Waals surface area contributed by atoms with E-state index in [1.54, 1.807) is 11.8 Å². The number of piperidine rings is 2. The topological polar surface area (TPSA) is 79.0 Å². The van der Waals surface area contributed by atoms with Gasteiger partial charge in [-0.3, -0.25) is 9.59 Å². The Hall–Kier alpha value is -2.09. The van der Waals surface area contributed by atoms with E-state index in [4.69, 9.17) is 4.74 Å². The highest BCUT2D eigenvalue weighted by atomic mass is 32.1. The average molecular weight is 394 g/mol. The number of nitrogens with zero attached hydrogens (tertiary/aromatic N) is 2. The van der Waals surface area contributed by atoms with E-state index in [1.807, 2.05) is 22.4 Å². The average Bonchev–Trinajstić information content (AvgIpc) is 3.23. The second-order valence-corrected chi connectivity index (χ2v) is 7.96. The Bertz CT molecular complexity index is 648. The summed E-state index contributed by atoms with van der Waals surface area (Å²) in [6.45, 7) is 4.63. The molecule has 0 bridgehead atoms. The van der Waals surface area contributed by atoms with E-state index in [0.717, 1.165) is 17.7 Å². The minimum absolute atomic E-state index is 0.0412. The molecule has 3 rings (SSSR count). The fraction of sp³-hybridized carbons (Fsp3) is 0.632. The second kappa shape index (κ2) is 9.21. The van der Waals surface area contributed by atoms with Gasteiger partial charge >= 0.3 is 6.09 Å². The van der Waals surface area contributed by atoms with Crippen molar-refractivity contribution in [3.8, 4) is 0 Å². The van der Waals surface area contributed by atoms with Gasteiger partial charge in [0.2, 0.25) is 5.91 Å². The van der Waals surface area contributed by atoms with E-state index in [-0.39, 0.29) is 29.9 Å². The Morgan fingerprint density at radius 2 is 1.78 bits per heavy atom. The maximum atomic E-state index is 12.6. The highest BCUT2D eigenvalue weighted by Gasteiger charge is 2.30. The third-order valence-corrected chi connectivity index (χ3v) is 6.11. The minimum Gasteiger partial charge on any atom is -0.450 e. The lowest BCUT2D eigenvalue weighted by atomic mass is 9.94. The van der Waals surface area contributed by atoms with Crippen molar-refractivity contribution >= 4 is 29.2 Å². The molecular formula is C19H27N3O4S. The molecule has 0 aromatic carbocycles. The van der Waals surface area contributed by atoms with Crippen molar-refractivity contribution in [3.05, 3.63) is 22.4 Å². The van der Waals surface area contributed by atoms with Crippen LogP contribution in [0.3, 0.4) is 0 Å². The lowest BCUT2D eigenvalue weighted by molar-refractivity contribution is -0.127. The van der Waals surface area contributed by atoms with E-state index in [0.29, 0.717) is 45.6 Å². The van der Waals surface area contributed by atoms with Crippen molar-refractivity contribution in [2.24, 2.45) is 5.92 Å². The summed E-state index contributed by atoms with van der Waals surface area (Å²) in [6, 6.07) is 3.83. The molecule has 1 N–H and O–H groups in total. The van der Waals surface area contributed by atoms with Crippen LogP contribution in [0, 0.1) is 5.92 Å². The summed E-state index contributed by atoms with van der Waals surface area (Å²) in [5, 5.41) is 5.04. The predicted molar refractivity (Wildman–Crippen MR) is 103 cm³/mol. The van der Waals surface area contributed by atoms with Gasteiger partial charge in [-0.2, -0.15) is 0 Å². The molecule has 0 atom stereocenters. The number of carbonyl (C=O) groups is 3. The number of likely N-dealkylation sites (tertiary alicyclic amines) is 2. The number of hydrogen-bond acceptors (Lipinski definition) is 5. The maximum Gasteiger partial charge on any atom is 0.409 e. The maximum absolute atomic E-state index is 12.6. The molecule has 0 saturated carbocycles. The number of nitrogens with one attached hydrogen (secondary N) is 1. The van der Waals surface area contributed by atoms with Crippen LogP contribution in [0.15, 0.2) is 17.5 Å². The second-order valence-electron chi connectivity index (χ2n) is 7.01. The van der Waals surface area contributed by atoms with Crippen molar-refractivity contribution in [2.45, 2.75) is 38.6 Å². The molecule has 8 heteroatoms. The van der Waals surface area contributed by atoms with Gasteiger partial charge in [0.15, 0.2) is 0 Å². The fourth-order valence-corrected chi connectivity index (χ4v) is 4.33. The molecular weight excluding hydrogens is 366 g/mol. The van der Waals surface area contributed by atoms with Gasteiger partial charge in [0, 0.05) is 38.1 Å². The highest BCUT2D eigenvalue weighted by molar-refractivity contribution is 7.12. The third-order valence-electron chi connectivity index (χ3n) is 5.25. The zero-order valence-corrected chi connectivity index (χ0v) is 16.5.